The Morgan fingerprint density at radius 3 is 2.69 bits per heavy atom. The smallest absolute Gasteiger partial charge is 0.317 e. The molecule has 2 heterocycles. The average molecular weight is 355 g/mol. The summed E-state index contributed by atoms with van der Waals surface area (Å²) in [7, 11) is 0. The summed E-state index contributed by atoms with van der Waals surface area (Å²) in [4.78, 5) is 23.1. The molecule has 2 aromatic heterocycles. The van der Waals surface area contributed by atoms with Crippen molar-refractivity contribution in [2.45, 2.75) is 64.1 Å². The maximum atomic E-state index is 12.9. The number of aromatic nitrogens is 3. The van der Waals surface area contributed by atoms with Gasteiger partial charge in [0, 0.05) is 50.0 Å². The van der Waals surface area contributed by atoms with Crippen LogP contribution in [0.4, 0.5) is 4.79 Å². The minimum Gasteiger partial charge on any atom is -0.338 e. The normalized spacial score (nSPS) is 16.2. The minimum absolute atomic E-state index is 0.0477. The SMILES string of the molecule is C[C@@H](CCNC(=O)N(Cc1ccncc1)C1CCCCC1)n1ccnc1. The summed E-state index contributed by atoms with van der Waals surface area (Å²) in [5.74, 6) is 0. The van der Waals surface area contributed by atoms with Crippen molar-refractivity contribution in [2.24, 2.45) is 0 Å². The Hall–Kier alpha value is -2.37. The number of imidazole rings is 1. The zero-order valence-corrected chi connectivity index (χ0v) is 15.6. The van der Waals surface area contributed by atoms with Crippen LogP contribution in [0.2, 0.25) is 0 Å². The molecule has 0 radical (unpaired) electrons. The summed E-state index contributed by atoms with van der Waals surface area (Å²) in [5, 5.41) is 3.13. The van der Waals surface area contributed by atoms with Gasteiger partial charge in [0.05, 0.1) is 6.33 Å². The molecule has 0 spiro atoms. The lowest BCUT2D eigenvalue weighted by molar-refractivity contribution is 0.150. The third-order valence-electron chi connectivity index (χ3n) is 5.25. The molecule has 3 rings (SSSR count). The van der Waals surface area contributed by atoms with Crippen molar-refractivity contribution in [3.8, 4) is 0 Å². The summed E-state index contributed by atoms with van der Waals surface area (Å²) in [6.45, 7) is 3.46. The minimum atomic E-state index is 0.0477. The molecule has 140 valence electrons. The Balaban J connectivity index is 1.57. The van der Waals surface area contributed by atoms with E-state index < -0.39 is 0 Å². The monoisotopic (exact) mass is 355 g/mol. The van der Waals surface area contributed by atoms with Gasteiger partial charge in [0.2, 0.25) is 0 Å². The van der Waals surface area contributed by atoms with Gasteiger partial charge in [0.15, 0.2) is 0 Å². The lowest BCUT2D eigenvalue weighted by Gasteiger charge is -2.34. The van der Waals surface area contributed by atoms with Crippen molar-refractivity contribution in [3.05, 3.63) is 48.8 Å². The van der Waals surface area contributed by atoms with Crippen LogP contribution in [0.3, 0.4) is 0 Å². The third-order valence-corrected chi connectivity index (χ3v) is 5.25. The zero-order chi connectivity index (χ0) is 18.2. The standard InChI is InChI=1S/C20H29N5O/c1-17(24-14-13-22-16-24)7-12-23-20(26)25(19-5-3-2-4-6-19)15-18-8-10-21-11-9-18/h8-11,13-14,16-17,19H,2-7,12,15H2,1H3,(H,23,26)/t17-/m0/s1. The summed E-state index contributed by atoms with van der Waals surface area (Å²) in [6, 6.07) is 4.68. The number of hydrogen-bond donors (Lipinski definition) is 1. The number of amides is 2. The molecule has 1 aliphatic carbocycles. The molecule has 26 heavy (non-hydrogen) atoms. The van der Waals surface area contributed by atoms with Crippen LogP contribution in [0.25, 0.3) is 0 Å². The first-order chi connectivity index (χ1) is 12.7. The molecule has 1 N–H and O–H groups in total. The third kappa shape index (κ3) is 5.07. The number of nitrogens with zero attached hydrogens (tertiary/aromatic N) is 4. The highest BCUT2D eigenvalue weighted by atomic mass is 16.2. The van der Waals surface area contributed by atoms with Gasteiger partial charge in [-0.25, -0.2) is 9.78 Å². The van der Waals surface area contributed by atoms with Crippen molar-refractivity contribution < 1.29 is 4.79 Å². The molecular weight excluding hydrogens is 326 g/mol. The quantitative estimate of drug-likeness (QED) is 0.822. The fourth-order valence-corrected chi connectivity index (χ4v) is 3.61. The number of nitrogens with one attached hydrogen (secondary N) is 1. The largest absolute Gasteiger partial charge is 0.338 e. The molecule has 2 amide bonds. The van der Waals surface area contributed by atoms with E-state index in [4.69, 9.17) is 0 Å². The van der Waals surface area contributed by atoms with E-state index in [9.17, 15) is 4.79 Å². The molecule has 1 aliphatic rings. The Kier molecular flexibility index (Phi) is 6.63. The van der Waals surface area contributed by atoms with Crippen LogP contribution in [0, 0.1) is 0 Å². The molecule has 1 atom stereocenters. The molecule has 0 aliphatic heterocycles. The Bertz CT molecular complexity index is 652. The van der Waals surface area contributed by atoms with Gasteiger partial charge in [-0.1, -0.05) is 19.3 Å². The highest BCUT2D eigenvalue weighted by molar-refractivity contribution is 5.74. The molecule has 0 saturated heterocycles. The van der Waals surface area contributed by atoms with Crippen molar-refractivity contribution in [1.29, 1.82) is 0 Å². The lowest BCUT2D eigenvalue weighted by Crippen LogP contribution is -2.46. The summed E-state index contributed by atoms with van der Waals surface area (Å²) in [6.07, 6.45) is 15.9. The number of urea groups is 1. The first-order valence-electron chi connectivity index (χ1n) is 9.65. The molecule has 0 aromatic carbocycles. The first-order valence-corrected chi connectivity index (χ1v) is 9.65. The van der Waals surface area contributed by atoms with Crippen LogP contribution < -0.4 is 5.32 Å². The van der Waals surface area contributed by atoms with Gasteiger partial charge in [-0.15, -0.1) is 0 Å². The van der Waals surface area contributed by atoms with Crippen LogP contribution in [0.5, 0.6) is 0 Å². The van der Waals surface area contributed by atoms with E-state index in [-0.39, 0.29) is 6.03 Å². The Morgan fingerprint density at radius 1 is 1.23 bits per heavy atom. The van der Waals surface area contributed by atoms with E-state index in [1.54, 1.807) is 18.6 Å². The average Bonchev–Trinajstić information content (AvgIpc) is 3.22. The molecular formula is C20H29N5O. The second-order valence-electron chi connectivity index (χ2n) is 7.15. The highest BCUT2D eigenvalue weighted by Crippen LogP contribution is 2.24. The van der Waals surface area contributed by atoms with Crippen LogP contribution in [-0.2, 0) is 6.54 Å². The molecule has 1 fully saturated rings. The van der Waals surface area contributed by atoms with Crippen LogP contribution in [0.1, 0.15) is 57.1 Å². The van der Waals surface area contributed by atoms with E-state index in [0.717, 1.165) is 24.8 Å². The van der Waals surface area contributed by atoms with Crippen LogP contribution in [-0.4, -0.2) is 38.1 Å². The molecule has 6 nitrogen and oxygen atoms in total. The number of rotatable bonds is 7. The van der Waals surface area contributed by atoms with Crippen molar-refractivity contribution in [2.75, 3.05) is 6.54 Å². The molecule has 6 heteroatoms. The second kappa shape index (κ2) is 9.36. The molecule has 1 saturated carbocycles. The van der Waals surface area contributed by atoms with E-state index in [0.29, 0.717) is 25.2 Å². The van der Waals surface area contributed by atoms with Crippen molar-refractivity contribution in [3.63, 3.8) is 0 Å². The fraction of sp³-hybridized carbons (Fsp3) is 0.550. The maximum absolute atomic E-state index is 12.9. The van der Waals surface area contributed by atoms with Crippen LogP contribution in [0.15, 0.2) is 43.2 Å². The fourth-order valence-electron chi connectivity index (χ4n) is 3.61. The van der Waals surface area contributed by atoms with Crippen molar-refractivity contribution in [1.82, 2.24) is 24.8 Å². The Morgan fingerprint density at radius 2 is 2.00 bits per heavy atom. The topological polar surface area (TPSA) is 63.1 Å². The zero-order valence-electron chi connectivity index (χ0n) is 15.6. The van der Waals surface area contributed by atoms with Gasteiger partial charge >= 0.3 is 6.03 Å². The van der Waals surface area contributed by atoms with Gasteiger partial charge in [-0.05, 0) is 43.9 Å². The second-order valence-corrected chi connectivity index (χ2v) is 7.15. The van der Waals surface area contributed by atoms with E-state index in [2.05, 4.69) is 26.8 Å². The summed E-state index contributed by atoms with van der Waals surface area (Å²) in [5.41, 5.74) is 1.13. The number of hydrogen-bond acceptors (Lipinski definition) is 3. The number of carbonyl (C=O) groups excluding carboxylic acids is 1. The van der Waals surface area contributed by atoms with E-state index in [1.807, 2.05) is 29.6 Å². The number of pyridine rings is 1. The first kappa shape index (κ1) is 18.4. The lowest BCUT2D eigenvalue weighted by atomic mass is 9.94. The molecule has 2 aromatic rings. The van der Waals surface area contributed by atoms with Gasteiger partial charge in [0.1, 0.15) is 0 Å². The molecule has 0 bridgehead atoms. The Labute approximate surface area is 155 Å². The van der Waals surface area contributed by atoms with Gasteiger partial charge in [-0.3, -0.25) is 4.98 Å². The number of carbonyl (C=O) groups is 1. The highest BCUT2D eigenvalue weighted by Gasteiger charge is 2.25. The van der Waals surface area contributed by atoms with E-state index >= 15 is 0 Å². The summed E-state index contributed by atoms with van der Waals surface area (Å²) < 4.78 is 2.07. The van der Waals surface area contributed by atoms with Crippen molar-refractivity contribution >= 4 is 6.03 Å². The van der Waals surface area contributed by atoms with Gasteiger partial charge < -0.3 is 14.8 Å². The molecule has 0 unspecified atom stereocenters. The van der Waals surface area contributed by atoms with Gasteiger partial charge in [-0.2, -0.15) is 0 Å². The van der Waals surface area contributed by atoms with Crippen LogP contribution >= 0.6 is 0 Å². The predicted octanol–water partition coefficient (Wildman–Crippen LogP) is 3.77. The van der Waals surface area contributed by atoms with Gasteiger partial charge in [0.25, 0.3) is 0 Å². The maximum Gasteiger partial charge on any atom is 0.317 e. The summed E-state index contributed by atoms with van der Waals surface area (Å²) >= 11 is 0. The van der Waals surface area contributed by atoms with E-state index in [1.165, 1.54) is 19.3 Å². The predicted molar refractivity (Wildman–Crippen MR) is 102 cm³/mol.